The number of fused-ring (bicyclic) bond motifs is 1. The fraction of sp³-hybridized carbons (Fsp3) is 0.333. The predicted molar refractivity (Wildman–Crippen MR) is 69.7 cm³/mol. The number of carboxylic acids is 1. The summed E-state index contributed by atoms with van der Waals surface area (Å²) < 4.78 is 1.13. The third-order valence-electron chi connectivity index (χ3n) is 2.83. The highest BCUT2D eigenvalue weighted by molar-refractivity contribution is 7.17. The molecule has 90 valence electrons. The van der Waals surface area contributed by atoms with E-state index in [0.717, 1.165) is 15.9 Å². The zero-order valence-corrected chi connectivity index (χ0v) is 10.6. The van der Waals surface area contributed by atoms with Crippen LogP contribution in [-0.2, 0) is 4.79 Å². The molecule has 2 aromatic heterocycles. The molecule has 0 spiro atoms. The Balaban J connectivity index is 2.45. The average molecular weight is 250 g/mol. The van der Waals surface area contributed by atoms with E-state index in [9.17, 15) is 4.79 Å². The molecule has 2 rings (SSSR count). The Morgan fingerprint density at radius 1 is 1.59 bits per heavy atom. The van der Waals surface area contributed by atoms with Crippen molar-refractivity contribution in [1.82, 2.24) is 4.98 Å². The number of hydrogen-bond donors (Lipinski definition) is 1. The zero-order valence-electron chi connectivity index (χ0n) is 9.75. The summed E-state index contributed by atoms with van der Waals surface area (Å²) in [6.07, 6.45) is 2.27. The third-order valence-corrected chi connectivity index (χ3v) is 3.71. The molecule has 0 aliphatic carbocycles. The summed E-state index contributed by atoms with van der Waals surface area (Å²) in [5.41, 5.74) is 0. The van der Waals surface area contributed by atoms with Crippen LogP contribution in [0, 0.1) is 0 Å². The summed E-state index contributed by atoms with van der Waals surface area (Å²) in [5.74, 6) is -0.0815. The fourth-order valence-electron chi connectivity index (χ4n) is 1.92. The first kappa shape index (κ1) is 11.9. The van der Waals surface area contributed by atoms with Gasteiger partial charge in [0.05, 0.1) is 0 Å². The van der Waals surface area contributed by atoms with E-state index in [1.807, 2.05) is 24.4 Å². The molecule has 5 heteroatoms. The van der Waals surface area contributed by atoms with Crippen molar-refractivity contribution in [1.29, 1.82) is 0 Å². The number of carboxylic acid groups (broad SMARTS) is 1. The average Bonchev–Trinajstić information content (AvgIpc) is 2.76. The van der Waals surface area contributed by atoms with Crippen molar-refractivity contribution in [2.24, 2.45) is 0 Å². The van der Waals surface area contributed by atoms with Crippen LogP contribution < -0.4 is 4.90 Å². The van der Waals surface area contributed by atoms with Gasteiger partial charge in [-0.15, -0.1) is 11.3 Å². The molecule has 1 atom stereocenters. The number of likely N-dealkylation sites (N-methyl/N-ethyl adjacent to an activating group) is 1. The summed E-state index contributed by atoms with van der Waals surface area (Å²) in [5, 5.41) is 12.2. The second kappa shape index (κ2) is 4.71. The maximum absolute atomic E-state index is 11.2. The van der Waals surface area contributed by atoms with E-state index in [1.54, 1.807) is 29.5 Å². The van der Waals surface area contributed by atoms with Crippen LogP contribution in [0.15, 0.2) is 23.7 Å². The smallest absolute Gasteiger partial charge is 0.326 e. The van der Waals surface area contributed by atoms with E-state index in [-0.39, 0.29) is 0 Å². The minimum Gasteiger partial charge on any atom is -0.480 e. The SMILES string of the molecule is CCC(C(=O)O)N(C)c1nccc2sccc12. The molecule has 0 aromatic carbocycles. The first-order chi connectivity index (χ1) is 8.15. The molecule has 2 aromatic rings. The van der Waals surface area contributed by atoms with Crippen LogP contribution in [0.4, 0.5) is 5.82 Å². The van der Waals surface area contributed by atoms with Crippen molar-refractivity contribution in [2.45, 2.75) is 19.4 Å². The van der Waals surface area contributed by atoms with Crippen LogP contribution in [-0.4, -0.2) is 29.1 Å². The van der Waals surface area contributed by atoms with Gasteiger partial charge >= 0.3 is 5.97 Å². The molecule has 0 radical (unpaired) electrons. The molecule has 0 saturated carbocycles. The lowest BCUT2D eigenvalue weighted by molar-refractivity contribution is -0.138. The number of carbonyl (C=O) groups is 1. The van der Waals surface area contributed by atoms with Crippen LogP contribution in [0.5, 0.6) is 0 Å². The van der Waals surface area contributed by atoms with Crippen molar-refractivity contribution >= 4 is 33.2 Å². The highest BCUT2D eigenvalue weighted by Crippen LogP contribution is 2.29. The van der Waals surface area contributed by atoms with Crippen LogP contribution in [0.25, 0.3) is 10.1 Å². The Hall–Kier alpha value is -1.62. The van der Waals surface area contributed by atoms with Gasteiger partial charge in [-0.3, -0.25) is 0 Å². The lowest BCUT2D eigenvalue weighted by atomic mass is 10.2. The zero-order chi connectivity index (χ0) is 12.4. The van der Waals surface area contributed by atoms with Crippen molar-refractivity contribution in [3.8, 4) is 0 Å². The molecule has 17 heavy (non-hydrogen) atoms. The number of rotatable bonds is 4. The summed E-state index contributed by atoms with van der Waals surface area (Å²) in [4.78, 5) is 17.2. The number of aromatic nitrogens is 1. The van der Waals surface area contributed by atoms with Crippen molar-refractivity contribution in [3.05, 3.63) is 23.7 Å². The van der Waals surface area contributed by atoms with Crippen molar-refractivity contribution in [2.75, 3.05) is 11.9 Å². The maximum Gasteiger partial charge on any atom is 0.326 e. The molecule has 0 aliphatic rings. The van der Waals surface area contributed by atoms with Crippen LogP contribution >= 0.6 is 11.3 Å². The van der Waals surface area contributed by atoms with Crippen LogP contribution in [0.2, 0.25) is 0 Å². The van der Waals surface area contributed by atoms with E-state index >= 15 is 0 Å². The monoisotopic (exact) mass is 250 g/mol. The number of anilines is 1. The van der Waals surface area contributed by atoms with Crippen LogP contribution in [0.3, 0.4) is 0 Å². The summed E-state index contributed by atoms with van der Waals surface area (Å²) in [6, 6.07) is 3.39. The molecular formula is C12H14N2O2S. The first-order valence-electron chi connectivity index (χ1n) is 5.43. The Morgan fingerprint density at radius 2 is 2.35 bits per heavy atom. The standard InChI is InChI=1S/C12H14N2O2S/c1-3-9(12(15)16)14(2)11-8-5-7-17-10(8)4-6-13-11/h4-7,9H,3H2,1-2H3,(H,15,16). The maximum atomic E-state index is 11.2. The summed E-state index contributed by atoms with van der Waals surface area (Å²) in [7, 11) is 1.78. The molecule has 2 heterocycles. The van der Waals surface area contributed by atoms with E-state index < -0.39 is 12.0 Å². The molecular weight excluding hydrogens is 236 g/mol. The molecule has 0 fully saturated rings. The van der Waals surface area contributed by atoms with Gasteiger partial charge in [0.1, 0.15) is 11.9 Å². The predicted octanol–water partition coefficient (Wildman–Crippen LogP) is 2.60. The summed E-state index contributed by atoms with van der Waals surface area (Å²) in [6.45, 7) is 1.86. The quantitative estimate of drug-likeness (QED) is 0.906. The highest BCUT2D eigenvalue weighted by Gasteiger charge is 2.22. The van der Waals surface area contributed by atoms with E-state index in [4.69, 9.17) is 5.11 Å². The normalized spacial score (nSPS) is 12.6. The van der Waals surface area contributed by atoms with Gasteiger partial charge in [0.25, 0.3) is 0 Å². The van der Waals surface area contributed by atoms with Crippen LogP contribution in [0.1, 0.15) is 13.3 Å². The van der Waals surface area contributed by atoms with Gasteiger partial charge in [-0.2, -0.15) is 0 Å². The molecule has 0 aliphatic heterocycles. The number of nitrogens with zero attached hydrogens (tertiary/aromatic N) is 2. The van der Waals surface area contributed by atoms with Gasteiger partial charge in [-0.05, 0) is 23.9 Å². The third kappa shape index (κ3) is 2.10. The number of pyridine rings is 1. The molecule has 0 saturated heterocycles. The number of thiophene rings is 1. The van der Waals surface area contributed by atoms with Gasteiger partial charge < -0.3 is 10.0 Å². The fourth-order valence-corrected chi connectivity index (χ4v) is 2.70. The van der Waals surface area contributed by atoms with Gasteiger partial charge in [-0.1, -0.05) is 6.92 Å². The number of aliphatic carboxylic acids is 1. The molecule has 1 N–H and O–H groups in total. The van der Waals surface area contributed by atoms with Crippen molar-refractivity contribution in [3.63, 3.8) is 0 Å². The van der Waals surface area contributed by atoms with Gasteiger partial charge in [0, 0.05) is 23.3 Å². The Morgan fingerprint density at radius 3 is 3.00 bits per heavy atom. The van der Waals surface area contributed by atoms with E-state index in [2.05, 4.69) is 4.98 Å². The minimum absolute atomic E-state index is 0.534. The summed E-state index contributed by atoms with van der Waals surface area (Å²) >= 11 is 1.63. The minimum atomic E-state index is -0.816. The molecule has 1 unspecified atom stereocenters. The lowest BCUT2D eigenvalue weighted by Crippen LogP contribution is -2.38. The van der Waals surface area contributed by atoms with Gasteiger partial charge in [0.15, 0.2) is 0 Å². The number of hydrogen-bond acceptors (Lipinski definition) is 4. The lowest BCUT2D eigenvalue weighted by Gasteiger charge is -2.25. The Labute approximate surface area is 104 Å². The molecule has 0 amide bonds. The molecule has 0 bridgehead atoms. The molecule has 4 nitrogen and oxygen atoms in total. The van der Waals surface area contributed by atoms with E-state index in [1.165, 1.54) is 0 Å². The van der Waals surface area contributed by atoms with Crippen molar-refractivity contribution < 1.29 is 9.90 Å². The van der Waals surface area contributed by atoms with Gasteiger partial charge in [0.2, 0.25) is 0 Å². The second-order valence-corrected chi connectivity index (χ2v) is 4.79. The first-order valence-corrected chi connectivity index (χ1v) is 6.31. The largest absolute Gasteiger partial charge is 0.480 e. The highest BCUT2D eigenvalue weighted by atomic mass is 32.1. The Kier molecular flexibility index (Phi) is 3.28. The van der Waals surface area contributed by atoms with Gasteiger partial charge in [-0.25, -0.2) is 9.78 Å². The van der Waals surface area contributed by atoms with E-state index in [0.29, 0.717) is 6.42 Å². The topological polar surface area (TPSA) is 53.4 Å². The second-order valence-electron chi connectivity index (χ2n) is 3.84. The Bertz CT molecular complexity index is 538.